The molecule has 2 aliphatic carbocycles. The Morgan fingerprint density at radius 3 is 2.53 bits per heavy atom. The van der Waals surface area contributed by atoms with E-state index in [1.807, 2.05) is 31.2 Å². The highest BCUT2D eigenvalue weighted by Gasteiger charge is 2.44. The van der Waals surface area contributed by atoms with Crippen molar-refractivity contribution in [3.8, 4) is 0 Å². The van der Waals surface area contributed by atoms with Crippen molar-refractivity contribution in [2.75, 3.05) is 0 Å². The van der Waals surface area contributed by atoms with E-state index >= 15 is 0 Å². The number of hydrogen-bond donors (Lipinski definition) is 1. The van der Waals surface area contributed by atoms with Gasteiger partial charge in [-0.15, -0.1) is 0 Å². The van der Waals surface area contributed by atoms with Gasteiger partial charge in [0.15, 0.2) is 5.78 Å². The second-order valence-corrected chi connectivity index (χ2v) is 10.0. The third-order valence-corrected chi connectivity index (χ3v) is 6.85. The van der Waals surface area contributed by atoms with E-state index in [-0.39, 0.29) is 23.3 Å². The number of esters is 1. The molecule has 0 amide bonds. The number of carbonyl (C=O) groups excluding carboxylic acids is 2. The standard InChI is InChI=1S/C25H30ClNO3/c1-15-21(24(29)30-16-9-5-4-6-10-16)22(17-11-7-8-12-18(17)26)23-19(27-15)13-25(2,3)14-20(23)28/h7-8,11-12,16,22,27H,4-6,9-10,13-14H2,1-3H3/t22-/m1/s1. The molecular formula is C25H30ClNO3. The Bertz CT molecular complexity index is 937. The van der Waals surface area contributed by atoms with E-state index in [2.05, 4.69) is 19.2 Å². The van der Waals surface area contributed by atoms with Crippen LogP contribution in [0.3, 0.4) is 0 Å². The van der Waals surface area contributed by atoms with Crippen LogP contribution >= 0.6 is 11.6 Å². The van der Waals surface area contributed by atoms with Crippen LogP contribution in [0.5, 0.6) is 0 Å². The Morgan fingerprint density at radius 1 is 1.13 bits per heavy atom. The van der Waals surface area contributed by atoms with Crippen LogP contribution < -0.4 is 5.32 Å². The molecule has 30 heavy (non-hydrogen) atoms. The molecule has 1 saturated carbocycles. The summed E-state index contributed by atoms with van der Waals surface area (Å²) in [5.41, 5.74) is 3.52. The Hall–Kier alpha value is -2.07. The number of ketones is 1. The lowest BCUT2D eigenvalue weighted by Crippen LogP contribution is -2.39. The van der Waals surface area contributed by atoms with Gasteiger partial charge in [0.1, 0.15) is 6.10 Å². The monoisotopic (exact) mass is 427 g/mol. The van der Waals surface area contributed by atoms with E-state index in [1.54, 1.807) is 0 Å². The fourth-order valence-corrected chi connectivity index (χ4v) is 5.37. The van der Waals surface area contributed by atoms with Gasteiger partial charge >= 0.3 is 5.97 Å². The summed E-state index contributed by atoms with van der Waals surface area (Å²) in [4.78, 5) is 26.7. The molecule has 1 aliphatic heterocycles. The van der Waals surface area contributed by atoms with E-state index in [0.29, 0.717) is 22.6 Å². The predicted octanol–water partition coefficient (Wildman–Crippen LogP) is 5.82. The van der Waals surface area contributed by atoms with Crippen LogP contribution in [0.2, 0.25) is 5.02 Å². The molecule has 1 heterocycles. The lowest BCUT2D eigenvalue weighted by Gasteiger charge is -2.40. The molecule has 1 fully saturated rings. The van der Waals surface area contributed by atoms with E-state index < -0.39 is 5.92 Å². The summed E-state index contributed by atoms with van der Waals surface area (Å²) in [7, 11) is 0. The van der Waals surface area contributed by atoms with E-state index in [1.165, 1.54) is 6.42 Å². The molecular weight excluding hydrogens is 398 g/mol. The van der Waals surface area contributed by atoms with Crippen LogP contribution in [0.1, 0.15) is 77.2 Å². The number of dihydropyridines is 1. The zero-order valence-corrected chi connectivity index (χ0v) is 18.8. The number of ether oxygens (including phenoxy) is 1. The van der Waals surface area contributed by atoms with E-state index in [9.17, 15) is 9.59 Å². The highest BCUT2D eigenvalue weighted by atomic mass is 35.5. The van der Waals surface area contributed by atoms with E-state index in [0.717, 1.165) is 49.1 Å². The van der Waals surface area contributed by atoms with Gasteiger partial charge in [-0.3, -0.25) is 4.79 Å². The SMILES string of the molecule is CC1=C(C(=O)OC2CCCCC2)[C@@H](c2ccccc2Cl)C2=C(CC(C)(C)CC2=O)N1. The van der Waals surface area contributed by atoms with Crippen LogP contribution in [-0.2, 0) is 14.3 Å². The minimum atomic E-state index is -0.491. The maximum absolute atomic E-state index is 13.4. The van der Waals surface area contributed by atoms with Gasteiger partial charge in [-0.1, -0.05) is 50.1 Å². The Kier molecular flexibility index (Phi) is 5.80. The third-order valence-electron chi connectivity index (χ3n) is 6.50. The summed E-state index contributed by atoms with van der Waals surface area (Å²) in [6.07, 6.45) is 6.35. The van der Waals surface area contributed by atoms with Gasteiger partial charge in [0.05, 0.1) is 5.57 Å². The first-order chi connectivity index (χ1) is 14.3. The van der Waals surface area contributed by atoms with Crippen molar-refractivity contribution in [3.63, 3.8) is 0 Å². The number of rotatable bonds is 3. The maximum atomic E-state index is 13.4. The van der Waals surface area contributed by atoms with Crippen LogP contribution in [0.25, 0.3) is 0 Å². The van der Waals surface area contributed by atoms with Crippen LogP contribution in [0, 0.1) is 5.41 Å². The molecule has 4 nitrogen and oxygen atoms in total. The van der Waals surface area contributed by atoms with Gasteiger partial charge in [-0.2, -0.15) is 0 Å². The molecule has 1 aromatic carbocycles. The van der Waals surface area contributed by atoms with Crippen molar-refractivity contribution in [1.29, 1.82) is 0 Å². The maximum Gasteiger partial charge on any atom is 0.337 e. The van der Waals surface area contributed by atoms with Gasteiger partial charge in [-0.05, 0) is 56.1 Å². The summed E-state index contributed by atoms with van der Waals surface area (Å²) < 4.78 is 5.93. The minimum Gasteiger partial charge on any atom is -0.459 e. The normalized spacial score (nSPS) is 24.4. The first kappa shape index (κ1) is 21.2. The van der Waals surface area contributed by atoms with Gasteiger partial charge in [-0.25, -0.2) is 4.79 Å². The zero-order valence-electron chi connectivity index (χ0n) is 18.0. The van der Waals surface area contributed by atoms with Crippen molar-refractivity contribution in [1.82, 2.24) is 5.32 Å². The number of Topliss-reactive ketones (excluding diaryl/α,β-unsaturated/α-hetero) is 1. The smallest absolute Gasteiger partial charge is 0.337 e. The lowest BCUT2D eigenvalue weighted by molar-refractivity contribution is -0.146. The number of carbonyl (C=O) groups is 2. The van der Waals surface area contributed by atoms with Crippen molar-refractivity contribution in [3.05, 3.63) is 57.4 Å². The largest absolute Gasteiger partial charge is 0.459 e. The molecule has 1 atom stereocenters. The molecule has 0 bridgehead atoms. The van der Waals surface area contributed by atoms with Crippen molar-refractivity contribution >= 4 is 23.4 Å². The van der Waals surface area contributed by atoms with Crippen molar-refractivity contribution in [2.45, 2.75) is 77.7 Å². The quantitative estimate of drug-likeness (QED) is 0.617. The van der Waals surface area contributed by atoms with Gasteiger partial charge in [0, 0.05) is 34.3 Å². The van der Waals surface area contributed by atoms with Gasteiger partial charge < -0.3 is 10.1 Å². The molecule has 5 heteroatoms. The van der Waals surface area contributed by atoms with Crippen molar-refractivity contribution in [2.24, 2.45) is 5.41 Å². The van der Waals surface area contributed by atoms with E-state index in [4.69, 9.17) is 16.3 Å². The lowest BCUT2D eigenvalue weighted by atomic mass is 9.68. The summed E-state index contributed by atoms with van der Waals surface area (Å²) >= 11 is 6.57. The van der Waals surface area contributed by atoms with Crippen LogP contribution in [-0.4, -0.2) is 17.9 Å². The Morgan fingerprint density at radius 2 is 1.83 bits per heavy atom. The summed E-state index contributed by atoms with van der Waals surface area (Å²) in [6.45, 7) is 6.11. The molecule has 3 aliphatic rings. The fraction of sp³-hybridized carbons (Fsp3) is 0.520. The molecule has 160 valence electrons. The first-order valence-corrected chi connectivity index (χ1v) is 11.3. The second kappa shape index (κ2) is 8.22. The summed E-state index contributed by atoms with van der Waals surface area (Å²) in [6, 6.07) is 7.50. The number of allylic oxidation sites excluding steroid dienone is 3. The highest BCUT2D eigenvalue weighted by Crippen LogP contribution is 2.48. The zero-order chi connectivity index (χ0) is 21.5. The second-order valence-electron chi connectivity index (χ2n) is 9.62. The van der Waals surface area contributed by atoms with Crippen LogP contribution in [0.4, 0.5) is 0 Å². The number of benzene rings is 1. The Labute approximate surface area is 183 Å². The number of nitrogens with one attached hydrogen (secondary N) is 1. The van der Waals surface area contributed by atoms with Gasteiger partial charge in [0.2, 0.25) is 0 Å². The molecule has 1 N–H and O–H groups in total. The summed E-state index contributed by atoms with van der Waals surface area (Å²) in [5, 5.41) is 3.95. The topological polar surface area (TPSA) is 55.4 Å². The predicted molar refractivity (Wildman–Crippen MR) is 118 cm³/mol. The molecule has 0 spiro atoms. The molecule has 0 saturated heterocycles. The molecule has 0 aromatic heterocycles. The average Bonchev–Trinajstić information content (AvgIpc) is 2.67. The molecule has 0 unspecified atom stereocenters. The third kappa shape index (κ3) is 4.07. The summed E-state index contributed by atoms with van der Waals surface area (Å²) in [5.74, 6) is -0.746. The minimum absolute atomic E-state index is 0.0465. The van der Waals surface area contributed by atoms with Crippen LogP contribution in [0.15, 0.2) is 46.8 Å². The van der Waals surface area contributed by atoms with Crippen molar-refractivity contribution < 1.29 is 14.3 Å². The van der Waals surface area contributed by atoms with Gasteiger partial charge in [0.25, 0.3) is 0 Å². The highest BCUT2D eigenvalue weighted by molar-refractivity contribution is 6.31. The number of halogens is 1. The molecule has 4 rings (SSSR count). The molecule has 1 aromatic rings. The Balaban J connectivity index is 1.77. The average molecular weight is 428 g/mol. The number of hydrogen-bond acceptors (Lipinski definition) is 4. The first-order valence-electron chi connectivity index (χ1n) is 11.0. The molecule has 0 radical (unpaired) electrons. The fourth-order valence-electron chi connectivity index (χ4n) is 5.12.